The second kappa shape index (κ2) is 8.57. The van der Waals surface area contributed by atoms with Gasteiger partial charge in [0.25, 0.3) is 0 Å². The van der Waals surface area contributed by atoms with Gasteiger partial charge in [-0.25, -0.2) is 0 Å². The standard InChI is InChI=1S/2C6H3Br3/c7-4-1-2-5(8)6(9)3-4;7-4-2-1-3-5(8)6(4)9/h2*1-3H. The van der Waals surface area contributed by atoms with Gasteiger partial charge in [-0.2, -0.15) is 0 Å². The molecular formula is C12H6Br6. The van der Waals surface area contributed by atoms with Crippen molar-refractivity contribution in [3.63, 3.8) is 0 Å². The third-order valence-electron chi connectivity index (χ3n) is 1.79. The summed E-state index contributed by atoms with van der Waals surface area (Å²) in [6.45, 7) is 0. The van der Waals surface area contributed by atoms with Crippen molar-refractivity contribution in [3.05, 3.63) is 63.2 Å². The molecule has 0 aliphatic carbocycles. The van der Waals surface area contributed by atoms with E-state index in [1.54, 1.807) is 0 Å². The van der Waals surface area contributed by atoms with E-state index < -0.39 is 0 Å². The monoisotopic (exact) mass is 624 g/mol. The fourth-order valence-corrected chi connectivity index (χ4v) is 3.50. The first-order chi connectivity index (χ1) is 8.41. The maximum absolute atomic E-state index is 3.39. The summed E-state index contributed by atoms with van der Waals surface area (Å²) in [4.78, 5) is 0. The van der Waals surface area contributed by atoms with E-state index in [-0.39, 0.29) is 0 Å². The van der Waals surface area contributed by atoms with Crippen LogP contribution in [0.4, 0.5) is 0 Å². The van der Waals surface area contributed by atoms with Crippen LogP contribution < -0.4 is 0 Å². The smallest absolute Gasteiger partial charge is 0.0459 e. The van der Waals surface area contributed by atoms with Gasteiger partial charge in [-0.1, -0.05) is 22.0 Å². The van der Waals surface area contributed by atoms with E-state index in [1.165, 1.54) is 0 Å². The second-order valence-corrected chi connectivity index (χ2v) is 8.22. The number of hydrogen-bond donors (Lipinski definition) is 0. The highest BCUT2D eigenvalue weighted by Gasteiger charge is 1.97. The Hall–Kier alpha value is 1.32. The summed E-state index contributed by atoms with van der Waals surface area (Å²) < 4.78 is 6.42. The number of halogens is 6. The average Bonchev–Trinajstić information content (AvgIpc) is 2.32. The van der Waals surface area contributed by atoms with Crippen molar-refractivity contribution in [2.24, 2.45) is 0 Å². The van der Waals surface area contributed by atoms with E-state index in [9.17, 15) is 0 Å². The van der Waals surface area contributed by atoms with Crippen LogP contribution in [0.5, 0.6) is 0 Å². The number of hydrogen-bond acceptors (Lipinski definition) is 0. The van der Waals surface area contributed by atoms with Crippen molar-refractivity contribution in [3.8, 4) is 0 Å². The Balaban J connectivity index is 0.000000180. The zero-order valence-electron chi connectivity index (χ0n) is 8.73. The first-order valence-electron chi connectivity index (χ1n) is 4.62. The van der Waals surface area contributed by atoms with Gasteiger partial charge in [0.1, 0.15) is 0 Å². The van der Waals surface area contributed by atoms with E-state index in [0.717, 1.165) is 26.8 Å². The molecule has 0 nitrogen and oxygen atoms in total. The molecule has 0 saturated carbocycles. The van der Waals surface area contributed by atoms with Crippen LogP contribution in [0.25, 0.3) is 0 Å². The Morgan fingerprint density at radius 3 is 1.50 bits per heavy atom. The molecule has 0 saturated heterocycles. The lowest BCUT2D eigenvalue weighted by molar-refractivity contribution is 1.54. The van der Waals surface area contributed by atoms with Gasteiger partial charge in [0.2, 0.25) is 0 Å². The highest BCUT2D eigenvalue weighted by molar-refractivity contribution is 9.14. The molecule has 0 radical (unpaired) electrons. The van der Waals surface area contributed by atoms with Crippen molar-refractivity contribution in [2.75, 3.05) is 0 Å². The molecule has 96 valence electrons. The Kier molecular flexibility index (Phi) is 8.27. The summed E-state index contributed by atoms with van der Waals surface area (Å²) in [5, 5.41) is 0. The van der Waals surface area contributed by atoms with E-state index in [4.69, 9.17) is 0 Å². The van der Waals surface area contributed by atoms with Crippen LogP contribution in [0.3, 0.4) is 0 Å². The first-order valence-corrected chi connectivity index (χ1v) is 9.37. The van der Waals surface area contributed by atoms with E-state index in [1.807, 2.05) is 36.4 Å². The largest absolute Gasteiger partial charge is 0.0599 e. The van der Waals surface area contributed by atoms with Gasteiger partial charge in [-0.05, 0) is 110 Å². The van der Waals surface area contributed by atoms with Gasteiger partial charge in [0, 0.05) is 26.8 Å². The van der Waals surface area contributed by atoms with Crippen LogP contribution in [0.1, 0.15) is 0 Å². The van der Waals surface area contributed by atoms with Gasteiger partial charge in [0.05, 0.1) is 0 Å². The fraction of sp³-hybridized carbons (Fsp3) is 0. The molecule has 0 aliphatic rings. The molecule has 0 aromatic heterocycles. The Labute approximate surface area is 157 Å². The maximum atomic E-state index is 3.39. The van der Waals surface area contributed by atoms with Crippen molar-refractivity contribution in [1.29, 1.82) is 0 Å². The highest BCUT2D eigenvalue weighted by Crippen LogP contribution is 2.30. The molecule has 0 atom stereocenters. The summed E-state index contributed by atoms with van der Waals surface area (Å²) >= 11 is 20.2. The quantitative estimate of drug-likeness (QED) is 0.205. The van der Waals surface area contributed by atoms with Gasteiger partial charge >= 0.3 is 0 Å². The first kappa shape index (κ1) is 17.4. The minimum atomic E-state index is 1.06. The topological polar surface area (TPSA) is 0 Å². The molecule has 0 fully saturated rings. The average molecular weight is 630 g/mol. The lowest BCUT2D eigenvalue weighted by Crippen LogP contribution is -1.69. The normalized spacial score (nSPS) is 9.67. The van der Waals surface area contributed by atoms with Crippen molar-refractivity contribution >= 4 is 95.6 Å². The van der Waals surface area contributed by atoms with Crippen LogP contribution in [0.15, 0.2) is 63.2 Å². The minimum Gasteiger partial charge on any atom is -0.0599 e. The zero-order valence-corrected chi connectivity index (χ0v) is 18.2. The summed E-state index contributed by atoms with van der Waals surface area (Å²) in [6, 6.07) is 11.9. The Bertz CT molecular complexity index is 518. The molecule has 18 heavy (non-hydrogen) atoms. The summed E-state index contributed by atoms with van der Waals surface area (Å²) in [5.41, 5.74) is 0. The molecule has 0 N–H and O–H groups in total. The number of rotatable bonds is 0. The minimum absolute atomic E-state index is 1.06. The van der Waals surface area contributed by atoms with Crippen molar-refractivity contribution < 1.29 is 0 Å². The predicted molar refractivity (Wildman–Crippen MR) is 99.1 cm³/mol. The molecule has 0 heterocycles. The van der Waals surface area contributed by atoms with Crippen LogP contribution in [-0.4, -0.2) is 0 Å². The summed E-state index contributed by atoms with van der Waals surface area (Å²) in [6.07, 6.45) is 0. The SMILES string of the molecule is Brc1ccc(Br)c(Br)c1.Brc1cccc(Br)c1Br. The van der Waals surface area contributed by atoms with Crippen molar-refractivity contribution in [1.82, 2.24) is 0 Å². The molecule has 2 aromatic carbocycles. The van der Waals surface area contributed by atoms with E-state index >= 15 is 0 Å². The maximum Gasteiger partial charge on any atom is 0.0459 e. The van der Waals surface area contributed by atoms with Crippen LogP contribution in [-0.2, 0) is 0 Å². The van der Waals surface area contributed by atoms with Gasteiger partial charge < -0.3 is 0 Å². The molecule has 6 heteroatoms. The highest BCUT2D eigenvalue weighted by atomic mass is 79.9. The van der Waals surface area contributed by atoms with Gasteiger partial charge in [0.15, 0.2) is 0 Å². The number of benzene rings is 2. The zero-order chi connectivity index (χ0) is 13.7. The summed E-state index contributed by atoms with van der Waals surface area (Å²) in [7, 11) is 0. The Morgan fingerprint density at radius 1 is 0.556 bits per heavy atom. The molecular weight excluding hydrogens is 624 g/mol. The summed E-state index contributed by atoms with van der Waals surface area (Å²) in [5.74, 6) is 0. The molecule has 2 rings (SSSR count). The van der Waals surface area contributed by atoms with Gasteiger partial charge in [-0.3, -0.25) is 0 Å². The lowest BCUT2D eigenvalue weighted by atomic mass is 10.4. The third-order valence-corrected chi connectivity index (χ3v) is 7.40. The van der Waals surface area contributed by atoms with E-state index in [2.05, 4.69) is 95.6 Å². The molecule has 0 amide bonds. The molecule has 0 spiro atoms. The lowest BCUT2D eigenvalue weighted by Gasteiger charge is -1.95. The molecule has 0 unspecified atom stereocenters. The van der Waals surface area contributed by atoms with Crippen LogP contribution in [0.2, 0.25) is 0 Å². The fourth-order valence-electron chi connectivity index (χ4n) is 0.948. The van der Waals surface area contributed by atoms with Gasteiger partial charge in [-0.15, -0.1) is 0 Å². The van der Waals surface area contributed by atoms with Crippen LogP contribution >= 0.6 is 95.6 Å². The van der Waals surface area contributed by atoms with Crippen LogP contribution in [0, 0.1) is 0 Å². The molecule has 0 bridgehead atoms. The predicted octanol–water partition coefficient (Wildman–Crippen LogP) is 7.95. The van der Waals surface area contributed by atoms with Crippen molar-refractivity contribution in [2.45, 2.75) is 0 Å². The van der Waals surface area contributed by atoms with E-state index in [0.29, 0.717) is 0 Å². The molecule has 2 aromatic rings. The Morgan fingerprint density at radius 2 is 1.11 bits per heavy atom. The second-order valence-electron chi connectivity index (χ2n) is 3.09. The molecule has 0 aliphatic heterocycles. The third kappa shape index (κ3) is 5.75.